The number of aldehydes is 1. The second-order valence-corrected chi connectivity index (χ2v) is 7.12. The number of rotatable bonds is 4. The van der Waals surface area contributed by atoms with Crippen LogP contribution in [-0.2, 0) is 9.59 Å². The number of carbonyl (C=O) groups excluding carboxylic acids is 2. The van der Waals surface area contributed by atoms with Gasteiger partial charge in [-0.25, -0.2) is 0 Å². The highest BCUT2D eigenvalue weighted by Crippen LogP contribution is 2.60. The van der Waals surface area contributed by atoms with Crippen LogP contribution in [0.2, 0.25) is 0 Å². The Morgan fingerprint density at radius 3 is 2.80 bits per heavy atom. The lowest BCUT2D eigenvalue weighted by atomic mass is 9.47. The van der Waals surface area contributed by atoms with Crippen LogP contribution in [0.1, 0.15) is 52.9 Å². The molecule has 0 saturated heterocycles. The van der Waals surface area contributed by atoms with Crippen molar-refractivity contribution in [3.8, 4) is 0 Å². The van der Waals surface area contributed by atoms with Crippen molar-refractivity contribution in [1.29, 1.82) is 0 Å². The molecular weight excluding hydrogens is 248 g/mol. The van der Waals surface area contributed by atoms with Crippen LogP contribution < -0.4 is 0 Å². The summed E-state index contributed by atoms with van der Waals surface area (Å²) in [5, 5.41) is 0. The SMILES string of the molecule is C=C(C)[C@@H]1CC[C@@]2(C)C(=O)C=CC[C@@H]2[C@@]1(C)CCC=O. The van der Waals surface area contributed by atoms with Gasteiger partial charge in [0, 0.05) is 11.8 Å². The summed E-state index contributed by atoms with van der Waals surface area (Å²) in [7, 11) is 0. The minimum absolute atomic E-state index is 0.000162. The van der Waals surface area contributed by atoms with Crippen LogP contribution in [0.15, 0.2) is 24.3 Å². The lowest BCUT2D eigenvalue weighted by Gasteiger charge is -2.56. The molecule has 0 amide bonds. The van der Waals surface area contributed by atoms with E-state index in [9.17, 15) is 9.59 Å². The number of carbonyl (C=O) groups is 2. The Labute approximate surface area is 122 Å². The monoisotopic (exact) mass is 274 g/mol. The summed E-state index contributed by atoms with van der Waals surface area (Å²) in [4.78, 5) is 23.3. The Hall–Kier alpha value is -1.18. The van der Waals surface area contributed by atoms with Gasteiger partial charge >= 0.3 is 0 Å². The molecule has 0 aromatic carbocycles. The van der Waals surface area contributed by atoms with Crippen molar-refractivity contribution in [2.75, 3.05) is 0 Å². The molecule has 0 radical (unpaired) electrons. The van der Waals surface area contributed by atoms with Gasteiger partial charge in [0.15, 0.2) is 5.78 Å². The van der Waals surface area contributed by atoms with E-state index in [2.05, 4.69) is 27.4 Å². The van der Waals surface area contributed by atoms with Gasteiger partial charge in [-0.3, -0.25) is 4.79 Å². The second kappa shape index (κ2) is 5.31. The molecule has 2 aliphatic rings. The minimum Gasteiger partial charge on any atom is -0.303 e. The number of fused-ring (bicyclic) bond motifs is 1. The summed E-state index contributed by atoms with van der Waals surface area (Å²) in [6, 6.07) is 0. The van der Waals surface area contributed by atoms with Gasteiger partial charge in [-0.1, -0.05) is 32.1 Å². The number of ketones is 1. The predicted octanol–water partition coefficient (Wildman–Crippen LogP) is 4.11. The molecule has 4 atom stereocenters. The first-order chi connectivity index (χ1) is 9.36. The lowest BCUT2D eigenvalue weighted by Crippen LogP contribution is -2.53. The summed E-state index contributed by atoms with van der Waals surface area (Å²) < 4.78 is 0. The number of hydrogen-bond donors (Lipinski definition) is 0. The molecule has 110 valence electrons. The number of hydrogen-bond acceptors (Lipinski definition) is 2. The Balaban J connectivity index is 2.43. The number of allylic oxidation sites excluding steroid dienone is 3. The fourth-order valence-corrected chi connectivity index (χ4v) is 4.77. The summed E-state index contributed by atoms with van der Waals surface area (Å²) >= 11 is 0. The van der Waals surface area contributed by atoms with Crippen molar-refractivity contribution in [1.82, 2.24) is 0 Å². The van der Waals surface area contributed by atoms with Crippen molar-refractivity contribution >= 4 is 12.1 Å². The maximum Gasteiger partial charge on any atom is 0.161 e. The third-order valence-corrected chi connectivity index (χ3v) is 5.91. The Bertz CT molecular complexity index is 462. The Morgan fingerprint density at radius 1 is 1.50 bits per heavy atom. The van der Waals surface area contributed by atoms with Gasteiger partial charge in [-0.05, 0) is 55.9 Å². The zero-order chi connectivity index (χ0) is 15.0. The topological polar surface area (TPSA) is 34.1 Å². The van der Waals surface area contributed by atoms with Gasteiger partial charge in [0.05, 0.1) is 0 Å². The molecule has 2 nitrogen and oxygen atoms in total. The quantitative estimate of drug-likeness (QED) is 0.571. The summed E-state index contributed by atoms with van der Waals surface area (Å²) in [6.07, 6.45) is 9.12. The summed E-state index contributed by atoms with van der Waals surface area (Å²) in [5.41, 5.74) is 0.945. The maximum atomic E-state index is 12.4. The molecule has 0 aromatic heterocycles. The van der Waals surface area contributed by atoms with E-state index in [0.717, 1.165) is 32.0 Å². The molecule has 2 aliphatic carbocycles. The Morgan fingerprint density at radius 2 is 2.20 bits per heavy atom. The van der Waals surface area contributed by atoms with Gasteiger partial charge in [-0.15, -0.1) is 0 Å². The van der Waals surface area contributed by atoms with Gasteiger partial charge in [0.2, 0.25) is 0 Å². The fraction of sp³-hybridized carbons (Fsp3) is 0.667. The van der Waals surface area contributed by atoms with Crippen molar-refractivity contribution < 1.29 is 9.59 Å². The molecule has 0 N–H and O–H groups in total. The second-order valence-electron chi connectivity index (χ2n) is 7.12. The van der Waals surface area contributed by atoms with E-state index in [1.807, 2.05) is 6.08 Å². The predicted molar refractivity (Wildman–Crippen MR) is 81.3 cm³/mol. The average Bonchev–Trinajstić information content (AvgIpc) is 2.38. The van der Waals surface area contributed by atoms with E-state index in [-0.39, 0.29) is 16.6 Å². The molecule has 2 heteroatoms. The molecule has 2 rings (SSSR count). The van der Waals surface area contributed by atoms with E-state index in [1.54, 1.807) is 6.08 Å². The largest absolute Gasteiger partial charge is 0.303 e. The van der Waals surface area contributed by atoms with Crippen LogP contribution >= 0.6 is 0 Å². The highest BCUT2D eigenvalue weighted by molar-refractivity contribution is 5.95. The van der Waals surface area contributed by atoms with Crippen molar-refractivity contribution in [2.24, 2.45) is 22.7 Å². The highest BCUT2D eigenvalue weighted by Gasteiger charge is 2.55. The van der Waals surface area contributed by atoms with E-state index in [1.165, 1.54) is 5.57 Å². The average molecular weight is 274 g/mol. The highest BCUT2D eigenvalue weighted by atomic mass is 16.1. The third kappa shape index (κ3) is 2.19. The van der Waals surface area contributed by atoms with Crippen LogP contribution in [0.25, 0.3) is 0 Å². The summed E-state index contributed by atoms with van der Waals surface area (Å²) in [5.74, 6) is 1.01. The standard InChI is InChI=1S/C18H26O2/c1-13(2)14-9-11-18(4)15(7-5-8-16(18)20)17(14,3)10-6-12-19/h5,8,12,14-15H,1,6-7,9-11H2,2-4H3/t14-,15+,17-,18+/m0/s1. The zero-order valence-corrected chi connectivity index (χ0v) is 12.9. The first-order valence-corrected chi connectivity index (χ1v) is 7.66. The first-order valence-electron chi connectivity index (χ1n) is 7.66. The molecule has 1 fully saturated rings. The van der Waals surface area contributed by atoms with E-state index < -0.39 is 0 Å². The molecule has 1 saturated carbocycles. The van der Waals surface area contributed by atoms with E-state index >= 15 is 0 Å². The third-order valence-electron chi connectivity index (χ3n) is 5.91. The lowest BCUT2D eigenvalue weighted by molar-refractivity contribution is -0.138. The smallest absolute Gasteiger partial charge is 0.161 e. The minimum atomic E-state index is -0.252. The van der Waals surface area contributed by atoms with Crippen molar-refractivity contribution in [3.63, 3.8) is 0 Å². The molecule has 0 spiro atoms. The molecule has 0 aliphatic heterocycles. The zero-order valence-electron chi connectivity index (χ0n) is 12.9. The molecule has 20 heavy (non-hydrogen) atoms. The van der Waals surface area contributed by atoms with Crippen LogP contribution in [0.4, 0.5) is 0 Å². The van der Waals surface area contributed by atoms with Gasteiger partial charge in [-0.2, -0.15) is 0 Å². The van der Waals surface area contributed by atoms with Crippen LogP contribution in [0.3, 0.4) is 0 Å². The van der Waals surface area contributed by atoms with Gasteiger partial charge in [0.1, 0.15) is 6.29 Å². The van der Waals surface area contributed by atoms with Gasteiger partial charge in [0.25, 0.3) is 0 Å². The summed E-state index contributed by atoms with van der Waals surface area (Å²) in [6.45, 7) is 10.7. The van der Waals surface area contributed by atoms with Crippen LogP contribution in [0, 0.1) is 22.7 Å². The first kappa shape index (κ1) is 15.2. The van der Waals surface area contributed by atoms with Crippen LogP contribution in [-0.4, -0.2) is 12.1 Å². The normalized spacial score (nSPS) is 40.2. The molecule has 0 unspecified atom stereocenters. The van der Waals surface area contributed by atoms with E-state index in [4.69, 9.17) is 0 Å². The maximum absolute atomic E-state index is 12.4. The molecule has 0 bridgehead atoms. The molecule has 0 aromatic rings. The van der Waals surface area contributed by atoms with E-state index in [0.29, 0.717) is 18.3 Å². The Kier molecular flexibility index (Phi) is 4.04. The fourth-order valence-electron chi connectivity index (χ4n) is 4.77. The molecule has 0 heterocycles. The molecular formula is C18H26O2. The van der Waals surface area contributed by atoms with Crippen LogP contribution in [0.5, 0.6) is 0 Å². The van der Waals surface area contributed by atoms with Gasteiger partial charge < -0.3 is 4.79 Å². The van der Waals surface area contributed by atoms with Crippen molar-refractivity contribution in [3.05, 3.63) is 24.3 Å². The van der Waals surface area contributed by atoms with Crippen molar-refractivity contribution in [2.45, 2.75) is 52.9 Å².